The Morgan fingerprint density at radius 1 is 1.13 bits per heavy atom. The monoisotopic (exact) mass is 401 g/mol. The SMILES string of the molecule is COc1nc2c(c(C)nn2-c2ccccc2)c(C)c1CCC(=O)Nc1cccnc1. The van der Waals surface area contributed by atoms with Crippen molar-refractivity contribution in [1.29, 1.82) is 0 Å². The number of anilines is 1. The van der Waals surface area contributed by atoms with Crippen molar-refractivity contribution in [3.63, 3.8) is 0 Å². The summed E-state index contributed by atoms with van der Waals surface area (Å²) in [6, 6.07) is 13.5. The van der Waals surface area contributed by atoms with E-state index in [1.54, 1.807) is 25.6 Å². The number of aryl methyl sites for hydroxylation is 2. The first kappa shape index (κ1) is 19.6. The van der Waals surface area contributed by atoms with E-state index in [1.165, 1.54) is 0 Å². The number of carbonyl (C=O) groups excluding carboxylic acids is 1. The highest BCUT2D eigenvalue weighted by molar-refractivity contribution is 5.91. The van der Waals surface area contributed by atoms with Crippen LogP contribution in [0.5, 0.6) is 5.88 Å². The highest BCUT2D eigenvalue weighted by atomic mass is 16.5. The lowest BCUT2D eigenvalue weighted by Crippen LogP contribution is -2.13. The van der Waals surface area contributed by atoms with E-state index in [-0.39, 0.29) is 5.91 Å². The number of para-hydroxylation sites is 1. The van der Waals surface area contributed by atoms with Crippen LogP contribution < -0.4 is 10.1 Å². The van der Waals surface area contributed by atoms with Crippen molar-refractivity contribution in [3.05, 3.63) is 71.7 Å². The number of nitrogens with zero attached hydrogens (tertiary/aromatic N) is 4. The summed E-state index contributed by atoms with van der Waals surface area (Å²) in [4.78, 5) is 21.2. The van der Waals surface area contributed by atoms with Gasteiger partial charge in [-0.15, -0.1) is 0 Å². The van der Waals surface area contributed by atoms with Crippen molar-refractivity contribution in [3.8, 4) is 11.6 Å². The van der Waals surface area contributed by atoms with E-state index in [1.807, 2.05) is 54.9 Å². The van der Waals surface area contributed by atoms with Crippen LogP contribution in [0.3, 0.4) is 0 Å². The van der Waals surface area contributed by atoms with E-state index in [9.17, 15) is 4.79 Å². The number of aromatic nitrogens is 4. The molecule has 3 aromatic heterocycles. The van der Waals surface area contributed by atoms with E-state index in [0.717, 1.165) is 33.5 Å². The average Bonchev–Trinajstić information content (AvgIpc) is 3.10. The predicted octanol–water partition coefficient (Wildman–Crippen LogP) is 4.01. The second-order valence-electron chi connectivity index (χ2n) is 7.05. The Labute approximate surface area is 174 Å². The number of hydrogen-bond acceptors (Lipinski definition) is 5. The molecule has 30 heavy (non-hydrogen) atoms. The van der Waals surface area contributed by atoms with Crippen LogP contribution in [-0.4, -0.2) is 32.8 Å². The molecule has 0 spiro atoms. The Morgan fingerprint density at radius 3 is 2.63 bits per heavy atom. The molecule has 0 aliphatic rings. The summed E-state index contributed by atoms with van der Waals surface area (Å²) in [5.41, 5.74) is 5.21. The third-order valence-corrected chi connectivity index (χ3v) is 5.07. The van der Waals surface area contributed by atoms with Gasteiger partial charge in [-0.05, 0) is 50.1 Å². The van der Waals surface area contributed by atoms with Crippen molar-refractivity contribution in [1.82, 2.24) is 19.7 Å². The summed E-state index contributed by atoms with van der Waals surface area (Å²) in [7, 11) is 1.60. The van der Waals surface area contributed by atoms with Crippen LogP contribution in [0.1, 0.15) is 23.2 Å². The van der Waals surface area contributed by atoms with Crippen molar-refractivity contribution < 1.29 is 9.53 Å². The van der Waals surface area contributed by atoms with Gasteiger partial charge in [0.05, 0.1) is 30.4 Å². The standard InChI is InChI=1S/C23H23N5O2/c1-15-19(11-12-20(29)25-17-8-7-13-24-14-17)23(30-3)26-22-21(15)16(2)27-28(22)18-9-5-4-6-10-18/h4-10,13-14H,11-12H2,1-3H3,(H,25,29). The maximum absolute atomic E-state index is 12.4. The molecule has 0 saturated heterocycles. The lowest BCUT2D eigenvalue weighted by atomic mass is 10.0. The Balaban J connectivity index is 1.66. The number of hydrogen-bond donors (Lipinski definition) is 1. The lowest BCUT2D eigenvalue weighted by molar-refractivity contribution is -0.116. The van der Waals surface area contributed by atoms with E-state index < -0.39 is 0 Å². The van der Waals surface area contributed by atoms with Gasteiger partial charge in [-0.1, -0.05) is 18.2 Å². The van der Waals surface area contributed by atoms with E-state index in [2.05, 4.69) is 10.3 Å². The van der Waals surface area contributed by atoms with Gasteiger partial charge in [-0.25, -0.2) is 4.68 Å². The average molecular weight is 401 g/mol. The number of ether oxygens (including phenoxy) is 1. The van der Waals surface area contributed by atoms with E-state index >= 15 is 0 Å². The van der Waals surface area contributed by atoms with Crippen molar-refractivity contribution in [2.75, 3.05) is 12.4 Å². The molecule has 1 N–H and O–H groups in total. The molecule has 0 fully saturated rings. The molecule has 3 heterocycles. The zero-order chi connectivity index (χ0) is 21.1. The second kappa shape index (κ2) is 8.32. The quantitative estimate of drug-likeness (QED) is 0.528. The fourth-order valence-electron chi connectivity index (χ4n) is 3.64. The van der Waals surface area contributed by atoms with Crippen LogP contribution >= 0.6 is 0 Å². The summed E-state index contributed by atoms with van der Waals surface area (Å²) in [5.74, 6) is 0.438. The Morgan fingerprint density at radius 2 is 1.93 bits per heavy atom. The number of nitrogens with one attached hydrogen (secondary N) is 1. The molecule has 0 bridgehead atoms. The zero-order valence-corrected chi connectivity index (χ0v) is 17.2. The Kier molecular flexibility index (Phi) is 5.43. The van der Waals surface area contributed by atoms with Crippen molar-refractivity contribution in [2.45, 2.75) is 26.7 Å². The maximum Gasteiger partial charge on any atom is 0.224 e. The van der Waals surface area contributed by atoms with Crippen LogP contribution in [0.25, 0.3) is 16.7 Å². The number of methoxy groups -OCH3 is 1. The van der Waals surface area contributed by atoms with Crippen LogP contribution in [0.2, 0.25) is 0 Å². The zero-order valence-electron chi connectivity index (χ0n) is 17.2. The second-order valence-corrected chi connectivity index (χ2v) is 7.05. The summed E-state index contributed by atoms with van der Waals surface area (Å²) in [6.45, 7) is 4.01. The Hall–Kier alpha value is -3.74. The van der Waals surface area contributed by atoms with Gasteiger partial charge in [-0.3, -0.25) is 9.78 Å². The van der Waals surface area contributed by atoms with Gasteiger partial charge in [-0.2, -0.15) is 10.1 Å². The molecule has 152 valence electrons. The van der Waals surface area contributed by atoms with Crippen LogP contribution in [-0.2, 0) is 11.2 Å². The number of pyridine rings is 2. The number of fused-ring (bicyclic) bond motifs is 1. The maximum atomic E-state index is 12.4. The molecule has 0 aliphatic heterocycles. The van der Waals surface area contributed by atoms with Gasteiger partial charge in [0.1, 0.15) is 0 Å². The number of amides is 1. The molecule has 4 aromatic rings. The largest absolute Gasteiger partial charge is 0.481 e. The normalized spacial score (nSPS) is 10.9. The van der Waals surface area contributed by atoms with Gasteiger partial charge in [0.25, 0.3) is 0 Å². The molecule has 0 saturated carbocycles. The molecule has 0 radical (unpaired) electrons. The van der Waals surface area contributed by atoms with Crippen LogP contribution in [0.4, 0.5) is 5.69 Å². The minimum absolute atomic E-state index is 0.0822. The smallest absolute Gasteiger partial charge is 0.224 e. The molecule has 1 amide bonds. The lowest BCUT2D eigenvalue weighted by Gasteiger charge is -2.13. The number of benzene rings is 1. The topological polar surface area (TPSA) is 81.9 Å². The third-order valence-electron chi connectivity index (χ3n) is 5.07. The molecular formula is C23H23N5O2. The molecule has 1 aromatic carbocycles. The molecular weight excluding hydrogens is 378 g/mol. The van der Waals surface area contributed by atoms with Crippen LogP contribution in [0.15, 0.2) is 54.9 Å². The number of rotatable bonds is 6. The first-order valence-corrected chi connectivity index (χ1v) is 9.76. The van der Waals surface area contributed by atoms with Crippen LogP contribution in [0, 0.1) is 13.8 Å². The minimum atomic E-state index is -0.0822. The molecule has 7 heteroatoms. The molecule has 0 aliphatic carbocycles. The summed E-state index contributed by atoms with van der Waals surface area (Å²) in [6.07, 6.45) is 4.12. The number of carbonyl (C=O) groups is 1. The highest BCUT2D eigenvalue weighted by Gasteiger charge is 2.20. The summed E-state index contributed by atoms with van der Waals surface area (Å²) >= 11 is 0. The molecule has 0 unspecified atom stereocenters. The minimum Gasteiger partial charge on any atom is -0.481 e. The van der Waals surface area contributed by atoms with Gasteiger partial charge in [0.15, 0.2) is 5.65 Å². The van der Waals surface area contributed by atoms with Gasteiger partial charge in [0.2, 0.25) is 11.8 Å². The highest BCUT2D eigenvalue weighted by Crippen LogP contribution is 2.31. The fraction of sp³-hybridized carbons (Fsp3) is 0.217. The Bertz CT molecular complexity index is 1190. The fourth-order valence-corrected chi connectivity index (χ4v) is 3.64. The van der Waals surface area contributed by atoms with Gasteiger partial charge >= 0.3 is 0 Å². The molecule has 0 atom stereocenters. The first-order chi connectivity index (χ1) is 14.6. The molecule has 4 rings (SSSR count). The van der Waals surface area contributed by atoms with Gasteiger partial charge in [0, 0.05) is 23.6 Å². The van der Waals surface area contributed by atoms with Crippen molar-refractivity contribution >= 4 is 22.6 Å². The van der Waals surface area contributed by atoms with Crippen molar-refractivity contribution in [2.24, 2.45) is 0 Å². The van der Waals surface area contributed by atoms with E-state index in [0.29, 0.717) is 24.4 Å². The third kappa shape index (κ3) is 3.74. The summed E-state index contributed by atoms with van der Waals surface area (Å²) < 4.78 is 7.42. The van der Waals surface area contributed by atoms with E-state index in [4.69, 9.17) is 14.8 Å². The van der Waals surface area contributed by atoms with Gasteiger partial charge < -0.3 is 10.1 Å². The predicted molar refractivity (Wildman–Crippen MR) is 116 cm³/mol. The molecule has 7 nitrogen and oxygen atoms in total. The first-order valence-electron chi connectivity index (χ1n) is 9.76. The summed E-state index contributed by atoms with van der Waals surface area (Å²) in [5, 5.41) is 8.55.